The molecule has 1 aromatic rings. The van der Waals surface area contributed by atoms with E-state index in [2.05, 4.69) is 20.9 Å². The Morgan fingerprint density at radius 3 is 2.91 bits per heavy atom. The van der Waals surface area contributed by atoms with Gasteiger partial charge < -0.3 is 4.79 Å². The summed E-state index contributed by atoms with van der Waals surface area (Å²) in [4.78, 5) is 14.1. The lowest BCUT2D eigenvalue weighted by Crippen LogP contribution is -1.90. The van der Waals surface area contributed by atoms with Gasteiger partial charge in [-0.05, 0) is 28.1 Å². The molecular formula is C7H7Br2NO. The number of carbonyl (C=O) groups is 1. The normalized spacial score (nSPS) is 8.45. The molecule has 0 aromatic carbocycles. The van der Waals surface area contributed by atoms with E-state index in [0.29, 0.717) is 6.42 Å². The SMILES string of the molecule is Br.O=CCc1ncccc1Br. The number of carbonyl (C=O) groups excluding carboxylic acids is 1. The van der Waals surface area contributed by atoms with Gasteiger partial charge >= 0.3 is 0 Å². The van der Waals surface area contributed by atoms with Crippen molar-refractivity contribution in [3.8, 4) is 0 Å². The molecular weight excluding hydrogens is 274 g/mol. The fourth-order valence-corrected chi connectivity index (χ4v) is 1.06. The minimum absolute atomic E-state index is 0. The molecule has 0 fully saturated rings. The lowest BCUT2D eigenvalue weighted by Gasteiger charge is -1.94. The van der Waals surface area contributed by atoms with Gasteiger partial charge in [0.25, 0.3) is 0 Å². The molecule has 0 spiro atoms. The van der Waals surface area contributed by atoms with E-state index >= 15 is 0 Å². The van der Waals surface area contributed by atoms with Gasteiger partial charge in [0.15, 0.2) is 0 Å². The van der Waals surface area contributed by atoms with Crippen LogP contribution in [-0.4, -0.2) is 11.3 Å². The molecule has 1 rings (SSSR count). The third-order valence-corrected chi connectivity index (χ3v) is 1.83. The van der Waals surface area contributed by atoms with E-state index in [9.17, 15) is 4.79 Å². The molecule has 0 saturated heterocycles. The van der Waals surface area contributed by atoms with E-state index in [1.807, 2.05) is 12.1 Å². The molecule has 11 heavy (non-hydrogen) atoms. The average molecular weight is 281 g/mol. The van der Waals surface area contributed by atoms with Crippen LogP contribution in [0.5, 0.6) is 0 Å². The molecule has 1 heterocycles. The average Bonchev–Trinajstić information content (AvgIpc) is 1.94. The Labute approximate surface area is 83.9 Å². The molecule has 2 nitrogen and oxygen atoms in total. The van der Waals surface area contributed by atoms with Crippen molar-refractivity contribution in [2.75, 3.05) is 0 Å². The maximum Gasteiger partial charge on any atom is 0.125 e. The minimum Gasteiger partial charge on any atom is -0.303 e. The number of aldehydes is 1. The fourth-order valence-electron chi connectivity index (χ4n) is 0.648. The number of aromatic nitrogens is 1. The van der Waals surface area contributed by atoms with Gasteiger partial charge in [-0.25, -0.2) is 0 Å². The molecule has 0 aliphatic rings. The zero-order valence-corrected chi connectivity index (χ0v) is 8.96. The monoisotopic (exact) mass is 279 g/mol. The summed E-state index contributed by atoms with van der Waals surface area (Å²) in [5, 5.41) is 0. The molecule has 0 aliphatic heterocycles. The second-order valence-corrected chi connectivity index (χ2v) is 2.66. The Kier molecular flexibility index (Phi) is 5.32. The van der Waals surface area contributed by atoms with Crippen molar-refractivity contribution >= 4 is 39.2 Å². The van der Waals surface area contributed by atoms with Crippen LogP contribution in [0, 0.1) is 0 Å². The zero-order valence-electron chi connectivity index (χ0n) is 5.66. The lowest BCUT2D eigenvalue weighted by atomic mass is 10.3. The summed E-state index contributed by atoms with van der Waals surface area (Å²) in [6.45, 7) is 0. The summed E-state index contributed by atoms with van der Waals surface area (Å²) in [6, 6.07) is 3.68. The molecule has 0 N–H and O–H groups in total. The van der Waals surface area contributed by atoms with Gasteiger partial charge in [-0.2, -0.15) is 0 Å². The van der Waals surface area contributed by atoms with E-state index in [4.69, 9.17) is 0 Å². The summed E-state index contributed by atoms with van der Waals surface area (Å²) in [5.41, 5.74) is 0.789. The van der Waals surface area contributed by atoms with Crippen molar-refractivity contribution < 1.29 is 4.79 Å². The first kappa shape index (κ1) is 10.8. The van der Waals surface area contributed by atoms with Crippen molar-refractivity contribution in [2.45, 2.75) is 6.42 Å². The van der Waals surface area contributed by atoms with Crippen LogP contribution in [0.25, 0.3) is 0 Å². The summed E-state index contributed by atoms with van der Waals surface area (Å²) < 4.78 is 0.891. The van der Waals surface area contributed by atoms with Crippen molar-refractivity contribution in [1.29, 1.82) is 0 Å². The molecule has 0 saturated carbocycles. The minimum atomic E-state index is 0. The van der Waals surface area contributed by atoms with Crippen LogP contribution in [-0.2, 0) is 11.2 Å². The molecule has 0 radical (unpaired) electrons. The van der Waals surface area contributed by atoms with E-state index in [1.165, 1.54) is 0 Å². The molecule has 0 aliphatic carbocycles. The molecule has 1 aromatic heterocycles. The third kappa shape index (κ3) is 3.12. The van der Waals surface area contributed by atoms with Crippen LogP contribution in [0.3, 0.4) is 0 Å². The summed E-state index contributed by atoms with van der Waals surface area (Å²) in [6.07, 6.45) is 2.89. The molecule has 0 atom stereocenters. The smallest absolute Gasteiger partial charge is 0.125 e. The topological polar surface area (TPSA) is 30.0 Å². The van der Waals surface area contributed by atoms with Gasteiger partial charge in [0.2, 0.25) is 0 Å². The van der Waals surface area contributed by atoms with Crippen molar-refractivity contribution in [3.63, 3.8) is 0 Å². The number of rotatable bonds is 2. The number of hydrogen-bond acceptors (Lipinski definition) is 2. The number of nitrogens with zero attached hydrogens (tertiary/aromatic N) is 1. The van der Waals surface area contributed by atoms with Crippen LogP contribution in [0.4, 0.5) is 0 Å². The molecule has 0 amide bonds. The van der Waals surface area contributed by atoms with E-state index in [-0.39, 0.29) is 17.0 Å². The molecule has 60 valence electrons. The maximum absolute atomic E-state index is 10.1. The Balaban J connectivity index is 0.000001000. The van der Waals surface area contributed by atoms with Crippen LogP contribution >= 0.6 is 32.9 Å². The van der Waals surface area contributed by atoms with Gasteiger partial charge in [0, 0.05) is 17.1 Å². The molecule has 0 unspecified atom stereocenters. The van der Waals surface area contributed by atoms with Crippen molar-refractivity contribution in [2.24, 2.45) is 0 Å². The van der Waals surface area contributed by atoms with Crippen LogP contribution in [0.2, 0.25) is 0 Å². The second kappa shape index (κ2) is 5.43. The lowest BCUT2D eigenvalue weighted by molar-refractivity contribution is -0.107. The highest BCUT2D eigenvalue weighted by molar-refractivity contribution is 9.10. The number of hydrogen-bond donors (Lipinski definition) is 0. The predicted molar refractivity (Wildman–Crippen MR) is 52.0 cm³/mol. The Bertz CT molecular complexity index is 240. The van der Waals surface area contributed by atoms with Gasteiger partial charge in [0.05, 0.1) is 5.69 Å². The molecule has 4 heteroatoms. The van der Waals surface area contributed by atoms with Gasteiger partial charge in [0.1, 0.15) is 6.29 Å². The Morgan fingerprint density at radius 2 is 2.36 bits per heavy atom. The highest BCUT2D eigenvalue weighted by Gasteiger charge is 1.96. The molecule has 0 bridgehead atoms. The van der Waals surface area contributed by atoms with Crippen molar-refractivity contribution in [3.05, 3.63) is 28.5 Å². The van der Waals surface area contributed by atoms with E-state index in [0.717, 1.165) is 16.5 Å². The first-order valence-electron chi connectivity index (χ1n) is 2.87. The van der Waals surface area contributed by atoms with Gasteiger partial charge in [-0.3, -0.25) is 4.98 Å². The Hall–Kier alpha value is -0.220. The summed E-state index contributed by atoms with van der Waals surface area (Å²) >= 11 is 3.28. The van der Waals surface area contributed by atoms with E-state index < -0.39 is 0 Å². The quantitative estimate of drug-likeness (QED) is 0.777. The highest BCUT2D eigenvalue weighted by Crippen LogP contribution is 2.12. The standard InChI is InChI=1S/C7H6BrNO.BrH/c8-6-2-1-4-9-7(6)3-5-10;/h1-2,4-5H,3H2;1H. The summed E-state index contributed by atoms with van der Waals surface area (Å²) in [5.74, 6) is 0. The van der Waals surface area contributed by atoms with Crippen LogP contribution in [0.15, 0.2) is 22.8 Å². The predicted octanol–water partition coefficient (Wildman–Crippen LogP) is 2.16. The van der Waals surface area contributed by atoms with E-state index in [1.54, 1.807) is 6.20 Å². The Morgan fingerprint density at radius 1 is 1.64 bits per heavy atom. The third-order valence-electron chi connectivity index (χ3n) is 1.11. The van der Waals surface area contributed by atoms with Gasteiger partial charge in [-0.1, -0.05) is 0 Å². The first-order valence-corrected chi connectivity index (χ1v) is 3.67. The van der Waals surface area contributed by atoms with Gasteiger partial charge in [-0.15, -0.1) is 17.0 Å². The van der Waals surface area contributed by atoms with Crippen molar-refractivity contribution in [1.82, 2.24) is 4.98 Å². The number of pyridine rings is 1. The summed E-state index contributed by atoms with van der Waals surface area (Å²) in [7, 11) is 0. The highest BCUT2D eigenvalue weighted by atomic mass is 79.9. The van der Waals surface area contributed by atoms with Crippen LogP contribution in [0.1, 0.15) is 5.69 Å². The van der Waals surface area contributed by atoms with Crippen LogP contribution < -0.4 is 0 Å². The zero-order chi connectivity index (χ0) is 7.40. The number of halogens is 2. The maximum atomic E-state index is 10.1. The second-order valence-electron chi connectivity index (χ2n) is 1.80. The largest absolute Gasteiger partial charge is 0.303 e. The first-order chi connectivity index (χ1) is 4.84. The fraction of sp³-hybridized carbons (Fsp3) is 0.143.